The fourth-order valence-corrected chi connectivity index (χ4v) is 2.89. The molecule has 2 aliphatic rings. The molecule has 3 nitrogen and oxygen atoms in total. The summed E-state index contributed by atoms with van der Waals surface area (Å²) in [4.78, 5) is 0. The van der Waals surface area contributed by atoms with Gasteiger partial charge >= 0.3 is 0 Å². The third kappa shape index (κ3) is 3.72. The molecule has 94 valence electrons. The second-order valence-corrected chi connectivity index (χ2v) is 5.33. The summed E-state index contributed by atoms with van der Waals surface area (Å²) in [5.74, 6) is 1.31. The molecule has 0 spiro atoms. The summed E-state index contributed by atoms with van der Waals surface area (Å²) >= 11 is 0. The van der Waals surface area contributed by atoms with Crippen molar-refractivity contribution in [3.8, 4) is 0 Å². The fraction of sp³-hybridized carbons (Fsp3) is 1.00. The predicted octanol–water partition coefficient (Wildman–Crippen LogP) is 1.55. The van der Waals surface area contributed by atoms with Gasteiger partial charge in [0.25, 0.3) is 0 Å². The first kappa shape index (κ1) is 12.3. The highest BCUT2D eigenvalue weighted by Gasteiger charge is 2.24. The average molecular weight is 227 g/mol. The monoisotopic (exact) mass is 227 g/mol. The number of ether oxygens (including phenoxy) is 1. The number of aliphatic hydroxyl groups is 1. The summed E-state index contributed by atoms with van der Waals surface area (Å²) in [5, 5.41) is 13.2. The molecule has 1 aliphatic heterocycles. The maximum Gasteiger partial charge on any atom is 0.0568 e. The van der Waals surface area contributed by atoms with E-state index in [0.29, 0.717) is 5.92 Å². The quantitative estimate of drug-likeness (QED) is 0.677. The number of nitrogens with one attached hydrogen (secondary N) is 1. The lowest BCUT2D eigenvalue weighted by Crippen LogP contribution is -2.25. The molecule has 1 saturated carbocycles. The van der Waals surface area contributed by atoms with Crippen LogP contribution < -0.4 is 5.32 Å². The van der Waals surface area contributed by atoms with E-state index < -0.39 is 0 Å². The third-order valence-corrected chi connectivity index (χ3v) is 4.00. The van der Waals surface area contributed by atoms with Gasteiger partial charge in [-0.25, -0.2) is 0 Å². The SMILES string of the molecule is OC1CCCC1CCCNCC1CCOC1. The summed E-state index contributed by atoms with van der Waals surface area (Å²) in [6.07, 6.45) is 7.08. The van der Waals surface area contributed by atoms with Crippen LogP contribution in [-0.4, -0.2) is 37.5 Å². The summed E-state index contributed by atoms with van der Waals surface area (Å²) in [6, 6.07) is 0. The Morgan fingerprint density at radius 3 is 2.88 bits per heavy atom. The maximum atomic E-state index is 9.68. The molecular formula is C13H25NO2. The van der Waals surface area contributed by atoms with E-state index in [1.165, 1.54) is 32.1 Å². The molecule has 3 heteroatoms. The Morgan fingerprint density at radius 1 is 1.25 bits per heavy atom. The van der Waals surface area contributed by atoms with Crippen molar-refractivity contribution < 1.29 is 9.84 Å². The standard InChI is InChI=1S/C13H25NO2/c15-13-5-1-3-12(13)4-2-7-14-9-11-6-8-16-10-11/h11-15H,1-10H2. The molecule has 2 fully saturated rings. The fourth-order valence-electron chi connectivity index (χ4n) is 2.89. The topological polar surface area (TPSA) is 41.5 Å². The van der Waals surface area contributed by atoms with E-state index >= 15 is 0 Å². The van der Waals surface area contributed by atoms with Crippen LogP contribution in [0, 0.1) is 11.8 Å². The molecule has 0 aromatic heterocycles. The van der Waals surface area contributed by atoms with Crippen molar-refractivity contribution in [1.29, 1.82) is 0 Å². The van der Waals surface area contributed by atoms with Crippen LogP contribution in [0.1, 0.15) is 38.5 Å². The van der Waals surface area contributed by atoms with E-state index in [4.69, 9.17) is 4.74 Å². The van der Waals surface area contributed by atoms with Crippen molar-refractivity contribution >= 4 is 0 Å². The Balaban J connectivity index is 1.45. The van der Waals surface area contributed by atoms with Gasteiger partial charge in [0.15, 0.2) is 0 Å². The van der Waals surface area contributed by atoms with Crippen LogP contribution in [0.25, 0.3) is 0 Å². The van der Waals surface area contributed by atoms with Gasteiger partial charge in [0.2, 0.25) is 0 Å². The van der Waals surface area contributed by atoms with Gasteiger partial charge in [-0.2, -0.15) is 0 Å². The van der Waals surface area contributed by atoms with Crippen LogP contribution in [0.2, 0.25) is 0 Å². The van der Waals surface area contributed by atoms with Crippen LogP contribution in [0.3, 0.4) is 0 Å². The molecular weight excluding hydrogens is 202 g/mol. The minimum Gasteiger partial charge on any atom is -0.393 e. The Morgan fingerprint density at radius 2 is 2.19 bits per heavy atom. The third-order valence-electron chi connectivity index (χ3n) is 4.00. The van der Waals surface area contributed by atoms with Gasteiger partial charge in [-0.3, -0.25) is 0 Å². The molecule has 0 aromatic carbocycles. The van der Waals surface area contributed by atoms with E-state index in [2.05, 4.69) is 5.32 Å². The molecule has 0 aromatic rings. The molecule has 1 aliphatic carbocycles. The van der Waals surface area contributed by atoms with E-state index in [0.717, 1.165) is 38.6 Å². The second-order valence-electron chi connectivity index (χ2n) is 5.33. The molecule has 0 radical (unpaired) electrons. The van der Waals surface area contributed by atoms with Crippen LogP contribution in [0.15, 0.2) is 0 Å². The number of aliphatic hydroxyl groups excluding tert-OH is 1. The molecule has 1 heterocycles. The minimum atomic E-state index is -0.0109. The van der Waals surface area contributed by atoms with Crippen LogP contribution in [0.5, 0.6) is 0 Å². The van der Waals surface area contributed by atoms with Crippen molar-refractivity contribution in [2.24, 2.45) is 11.8 Å². The molecule has 2 N–H and O–H groups in total. The first-order valence-corrected chi connectivity index (χ1v) is 6.83. The molecule has 3 atom stereocenters. The van der Waals surface area contributed by atoms with Crippen LogP contribution >= 0.6 is 0 Å². The van der Waals surface area contributed by atoms with Gasteiger partial charge in [0, 0.05) is 13.2 Å². The lowest BCUT2D eigenvalue weighted by molar-refractivity contribution is 0.126. The highest BCUT2D eigenvalue weighted by atomic mass is 16.5. The van der Waals surface area contributed by atoms with Crippen molar-refractivity contribution in [3.63, 3.8) is 0 Å². The lowest BCUT2D eigenvalue weighted by atomic mass is 10.00. The zero-order chi connectivity index (χ0) is 11.2. The molecule has 2 rings (SSSR count). The summed E-state index contributed by atoms with van der Waals surface area (Å²) in [5.41, 5.74) is 0. The summed E-state index contributed by atoms with van der Waals surface area (Å²) in [6.45, 7) is 4.09. The first-order chi connectivity index (χ1) is 7.86. The molecule has 16 heavy (non-hydrogen) atoms. The molecule has 0 amide bonds. The van der Waals surface area contributed by atoms with Gasteiger partial charge in [-0.1, -0.05) is 6.42 Å². The van der Waals surface area contributed by atoms with E-state index in [1.807, 2.05) is 0 Å². The normalized spacial score (nSPS) is 34.7. The second kappa shape index (κ2) is 6.58. The smallest absolute Gasteiger partial charge is 0.0568 e. The van der Waals surface area contributed by atoms with Crippen LogP contribution in [-0.2, 0) is 4.74 Å². The van der Waals surface area contributed by atoms with Gasteiger partial charge in [0.1, 0.15) is 0 Å². The minimum absolute atomic E-state index is 0.0109. The maximum absolute atomic E-state index is 9.68. The van der Waals surface area contributed by atoms with Gasteiger partial charge in [-0.05, 0) is 50.5 Å². The Bertz CT molecular complexity index is 192. The zero-order valence-corrected chi connectivity index (χ0v) is 10.2. The lowest BCUT2D eigenvalue weighted by Gasteiger charge is -2.14. The zero-order valence-electron chi connectivity index (χ0n) is 10.2. The Kier molecular flexibility index (Phi) is 5.07. The number of rotatable bonds is 6. The van der Waals surface area contributed by atoms with E-state index in [-0.39, 0.29) is 6.10 Å². The highest BCUT2D eigenvalue weighted by Crippen LogP contribution is 2.28. The van der Waals surface area contributed by atoms with Crippen molar-refractivity contribution in [1.82, 2.24) is 5.32 Å². The van der Waals surface area contributed by atoms with E-state index in [1.54, 1.807) is 0 Å². The average Bonchev–Trinajstić information content (AvgIpc) is 2.90. The van der Waals surface area contributed by atoms with Crippen LogP contribution in [0.4, 0.5) is 0 Å². The Hall–Kier alpha value is -0.120. The summed E-state index contributed by atoms with van der Waals surface area (Å²) in [7, 11) is 0. The van der Waals surface area contributed by atoms with Crippen molar-refractivity contribution in [2.45, 2.75) is 44.6 Å². The molecule has 3 unspecified atom stereocenters. The van der Waals surface area contributed by atoms with Gasteiger partial charge in [0.05, 0.1) is 12.7 Å². The number of hydrogen-bond acceptors (Lipinski definition) is 3. The summed E-state index contributed by atoms with van der Waals surface area (Å²) < 4.78 is 5.34. The van der Waals surface area contributed by atoms with Crippen molar-refractivity contribution in [3.05, 3.63) is 0 Å². The molecule has 1 saturated heterocycles. The van der Waals surface area contributed by atoms with Gasteiger partial charge in [-0.15, -0.1) is 0 Å². The van der Waals surface area contributed by atoms with Gasteiger partial charge < -0.3 is 15.2 Å². The molecule has 0 bridgehead atoms. The highest BCUT2D eigenvalue weighted by molar-refractivity contribution is 4.76. The van der Waals surface area contributed by atoms with Crippen molar-refractivity contribution in [2.75, 3.05) is 26.3 Å². The largest absolute Gasteiger partial charge is 0.393 e. The Labute approximate surface area is 98.6 Å². The number of hydrogen-bond donors (Lipinski definition) is 2. The van der Waals surface area contributed by atoms with E-state index in [9.17, 15) is 5.11 Å². The first-order valence-electron chi connectivity index (χ1n) is 6.83. The predicted molar refractivity (Wildman–Crippen MR) is 64.4 cm³/mol.